The van der Waals surface area contributed by atoms with Gasteiger partial charge in [-0.25, -0.2) is 4.39 Å². The summed E-state index contributed by atoms with van der Waals surface area (Å²) < 4.78 is 19.3. The number of furan rings is 1. The summed E-state index contributed by atoms with van der Waals surface area (Å²) in [5.41, 5.74) is 7.43. The smallest absolute Gasteiger partial charge is 0.128 e. The third-order valence-electron chi connectivity index (χ3n) is 2.39. The molecule has 0 radical (unpaired) electrons. The molecule has 2 nitrogen and oxygen atoms in total. The summed E-state index contributed by atoms with van der Waals surface area (Å²) in [6, 6.07) is 6.24. The lowest BCUT2D eigenvalue weighted by Crippen LogP contribution is -2.14. The third-order valence-corrected chi connectivity index (χ3v) is 2.89. The van der Waals surface area contributed by atoms with Crippen molar-refractivity contribution in [2.24, 2.45) is 5.73 Å². The standard InChI is InChI=1S/C12H11BrFNO/c13-9-1-2-11(14)10(6-9)12(15)5-8-3-4-16-7-8/h1-4,6-7,12H,5,15H2. The molecule has 1 aromatic heterocycles. The first-order chi connectivity index (χ1) is 7.66. The van der Waals surface area contributed by atoms with Crippen molar-refractivity contribution in [2.45, 2.75) is 12.5 Å². The lowest BCUT2D eigenvalue weighted by atomic mass is 10.0. The molecule has 2 N–H and O–H groups in total. The molecule has 4 heteroatoms. The molecule has 1 atom stereocenters. The molecule has 0 spiro atoms. The Labute approximate surface area is 101 Å². The average Bonchev–Trinajstić information content (AvgIpc) is 2.74. The normalized spacial score (nSPS) is 12.7. The minimum Gasteiger partial charge on any atom is -0.472 e. The molecule has 1 unspecified atom stereocenters. The number of halogens is 2. The van der Waals surface area contributed by atoms with Crippen molar-refractivity contribution in [1.82, 2.24) is 0 Å². The van der Waals surface area contributed by atoms with Gasteiger partial charge in [-0.15, -0.1) is 0 Å². The highest BCUT2D eigenvalue weighted by molar-refractivity contribution is 9.10. The molecule has 0 saturated carbocycles. The van der Waals surface area contributed by atoms with Crippen LogP contribution in [0, 0.1) is 5.82 Å². The monoisotopic (exact) mass is 283 g/mol. The lowest BCUT2D eigenvalue weighted by Gasteiger charge is -2.12. The van der Waals surface area contributed by atoms with Crippen LogP contribution in [0.15, 0.2) is 45.7 Å². The first-order valence-corrected chi connectivity index (χ1v) is 5.67. The largest absolute Gasteiger partial charge is 0.472 e. The highest BCUT2D eigenvalue weighted by atomic mass is 79.9. The van der Waals surface area contributed by atoms with Gasteiger partial charge in [-0.05, 0) is 36.2 Å². The van der Waals surface area contributed by atoms with Crippen molar-refractivity contribution in [2.75, 3.05) is 0 Å². The zero-order valence-corrected chi connectivity index (χ0v) is 10.1. The van der Waals surface area contributed by atoms with Crippen molar-refractivity contribution >= 4 is 15.9 Å². The van der Waals surface area contributed by atoms with Crippen LogP contribution in [0.5, 0.6) is 0 Å². The molecule has 1 aromatic carbocycles. The van der Waals surface area contributed by atoms with E-state index in [1.807, 2.05) is 6.07 Å². The predicted molar refractivity (Wildman–Crippen MR) is 63.4 cm³/mol. The van der Waals surface area contributed by atoms with E-state index in [4.69, 9.17) is 10.2 Å². The lowest BCUT2D eigenvalue weighted by molar-refractivity contribution is 0.556. The molecule has 0 bridgehead atoms. The minimum absolute atomic E-state index is 0.279. The second-order valence-corrected chi connectivity index (χ2v) is 4.52. The maximum Gasteiger partial charge on any atom is 0.128 e. The second kappa shape index (κ2) is 4.80. The van der Waals surface area contributed by atoms with Crippen LogP contribution in [0.3, 0.4) is 0 Å². The Kier molecular flexibility index (Phi) is 3.41. The van der Waals surface area contributed by atoms with Gasteiger partial charge in [0.1, 0.15) is 5.82 Å². The van der Waals surface area contributed by atoms with E-state index in [9.17, 15) is 4.39 Å². The van der Waals surface area contributed by atoms with E-state index in [0.717, 1.165) is 10.0 Å². The van der Waals surface area contributed by atoms with E-state index < -0.39 is 0 Å². The van der Waals surface area contributed by atoms with Gasteiger partial charge in [0.05, 0.1) is 12.5 Å². The van der Waals surface area contributed by atoms with Crippen molar-refractivity contribution in [3.05, 3.63) is 58.2 Å². The second-order valence-electron chi connectivity index (χ2n) is 3.61. The number of hydrogen-bond donors (Lipinski definition) is 1. The molecule has 0 saturated heterocycles. The molecule has 2 aromatic rings. The van der Waals surface area contributed by atoms with Gasteiger partial charge in [-0.2, -0.15) is 0 Å². The van der Waals surface area contributed by atoms with Crippen LogP contribution in [0.25, 0.3) is 0 Å². The van der Waals surface area contributed by atoms with Gasteiger partial charge in [0.25, 0.3) is 0 Å². The Morgan fingerprint density at radius 3 is 2.88 bits per heavy atom. The Balaban J connectivity index is 2.20. The summed E-state index contributed by atoms with van der Waals surface area (Å²) in [6.07, 6.45) is 3.76. The quantitative estimate of drug-likeness (QED) is 0.938. The fraction of sp³-hybridized carbons (Fsp3) is 0.167. The SMILES string of the molecule is NC(Cc1ccoc1)c1cc(Br)ccc1F. The molecule has 0 amide bonds. The highest BCUT2D eigenvalue weighted by Crippen LogP contribution is 2.23. The Bertz CT molecular complexity index is 470. The zero-order chi connectivity index (χ0) is 11.5. The third kappa shape index (κ3) is 2.51. The molecular formula is C12H11BrFNO. The first kappa shape index (κ1) is 11.4. The summed E-state index contributed by atoms with van der Waals surface area (Å²) in [7, 11) is 0. The first-order valence-electron chi connectivity index (χ1n) is 4.88. The van der Waals surface area contributed by atoms with Gasteiger partial charge in [0.15, 0.2) is 0 Å². The van der Waals surface area contributed by atoms with Crippen LogP contribution in [-0.2, 0) is 6.42 Å². The van der Waals surface area contributed by atoms with Gasteiger partial charge < -0.3 is 10.2 Å². The summed E-state index contributed by atoms with van der Waals surface area (Å²) >= 11 is 3.30. The molecule has 2 rings (SSSR count). The van der Waals surface area contributed by atoms with Crippen molar-refractivity contribution < 1.29 is 8.81 Å². The number of benzene rings is 1. The van der Waals surface area contributed by atoms with Crippen molar-refractivity contribution in [1.29, 1.82) is 0 Å². The average molecular weight is 284 g/mol. The van der Waals surface area contributed by atoms with Gasteiger partial charge >= 0.3 is 0 Å². The Morgan fingerprint density at radius 2 is 2.19 bits per heavy atom. The van der Waals surface area contributed by atoms with Gasteiger partial charge in [0, 0.05) is 16.1 Å². The topological polar surface area (TPSA) is 39.2 Å². The van der Waals surface area contributed by atoms with E-state index in [-0.39, 0.29) is 11.9 Å². The highest BCUT2D eigenvalue weighted by Gasteiger charge is 2.13. The van der Waals surface area contributed by atoms with Crippen LogP contribution in [-0.4, -0.2) is 0 Å². The van der Waals surface area contributed by atoms with Crippen LogP contribution in [0.4, 0.5) is 4.39 Å². The maximum absolute atomic E-state index is 13.5. The summed E-state index contributed by atoms with van der Waals surface area (Å²) in [5, 5.41) is 0. The predicted octanol–water partition coefficient (Wildman–Crippen LogP) is 3.42. The van der Waals surface area contributed by atoms with Crippen LogP contribution >= 0.6 is 15.9 Å². The van der Waals surface area contributed by atoms with Crippen LogP contribution < -0.4 is 5.73 Å². The summed E-state index contributed by atoms with van der Waals surface area (Å²) in [5.74, 6) is -0.279. The van der Waals surface area contributed by atoms with E-state index in [2.05, 4.69) is 15.9 Å². The number of rotatable bonds is 3. The van der Waals surface area contributed by atoms with E-state index >= 15 is 0 Å². The molecule has 0 aliphatic rings. The minimum atomic E-state index is -0.366. The molecule has 16 heavy (non-hydrogen) atoms. The molecule has 0 fully saturated rings. The van der Waals surface area contributed by atoms with Gasteiger partial charge in [-0.3, -0.25) is 0 Å². The fourth-order valence-corrected chi connectivity index (χ4v) is 1.95. The zero-order valence-electron chi connectivity index (χ0n) is 8.49. The van der Waals surface area contributed by atoms with Crippen molar-refractivity contribution in [3.8, 4) is 0 Å². The van der Waals surface area contributed by atoms with Gasteiger partial charge in [-0.1, -0.05) is 15.9 Å². The molecule has 84 valence electrons. The number of hydrogen-bond acceptors (Lipinski definition) is 2. The van der Waals surface area contributed by atoms with Gasteiger partial charge in [0.2, 0.25) is 0 Å². The molecule has 0 aliphatic carbocycles. The van der Waals surface area contributed by atoms with E-state index in [1.54, 1.807) is 24.7 Å². The Hall–Kier alpha value is -1.13. The van der Waals surface area contributed by atoms with Crippen LogP contribution in [0.1, 0.15) is 17.2 Å². The van der Waals surface area contributed by atoms with E-state index in [0.29, 0.717) is 12.0 Å². The summed E-state index contributed by atoms with van der Waals surface area (Å²) in [4.78, 5) is 0. The summed E-state index contributed by atoms with van der Waals surface area (Å²) in [6.45, 7) is 0. The van der Waals surface area contributed by atoms with E-state index in [1.165, 1.54) is 6.07 Å². The number of nitrogens with two attached hydrogens (primary N) is 1. The maximum atomic E-state index is 13.5. The Morgan fingerprint density at radius 1 is 1.38 bits per heavy atom. The fourth-order valence-electron chi connectivity index (χ4n) is 1.57. The molecular weight excluding hydrogens is 273 g/mol. The molecule has 1 heterocycles. The van der Waals surface area contributed by atoms with Crippen molar-refractivity contribution in [3.63, 3.8) is 0 Å². The molecule has 0 aliphatic heterocycles. The van der Waals surface area contributed by atoms with Crippen LogP contribution in [0.2, 0.25) is 0 Å².